The Kier molecular flexibility index (Phi) is 6.88. The predicted octanol–water partition coefficient (Wildman–Crippen LogP) is 5.50. The molecule has 0 unspecified atom stereocenters. The summed E-state index contributed by atoms with van der Waals surface area (Å²) >= 11 is 1.47. The van der Waals surface area contributed by atoms with Crippen molar-refractivity contribution in [3.05, 3.63) is 88.5 Å². The molecule has 0 aliphatic heterocycles. The molecule has 0 bridgehead atoms. The Bertz CT molecular complexity index is 1190. The van der Waals surface area contributed by atoms with Crippen LogP contribution in [-0.4, -0.2) is 29.3 Å². The summed E-state index contributed by atoms with van der Waals surface area (Å²) in [5.74, 6) is 1.31. The van der Waals surface area contributed by atoms with Gasteiger partial charge >= 0.3 is 0 Å². The van der Waals surface area contributed by atoms with Crippen LogP contribution < -0.4 is 14.9 Å². The standard InChI is InChI=1S/C23H20N4O4S/c28-27(29)18-11-12-21(31-14-6-13-30-19-7-2-1-3-8-19)17(15-18)16-24-26-23-25-20-9-4-5-10-22(20)32-23/h1-5,7-12,15-16H,6,13-14H2,(H,25,26)/b24-16+. The lowest BCUT2D eigenvalue weighted by Crippen LogP contribution is -2.06. The predicted molar refractivity (Wildman–Crippen MR) is 126 cm³/mol. The number of benzene rings is 3. The third-order valence-corrected chi connectivity index (χ3v) is 5.36. The third-order valence-electron chi connectivity index (χ3n) is 4.42. The highest BCUT2D eigenvalue weighted by atomic mass is 32.1. The number of aromatic nitrogens is 1. The van der Waals surface area contributed by atoms with Gasteiger partial charge in [-0.3, -0.25) is 15.5 Å². The molecule has 0 aliphatic carbocycles. The van der Waals surface area contributed by atoms with Crippen molar-refractivity contribution in [3.8, 4) is 11.5 Å². The number of fused-ring (bicyclic) bond motifs is 1. The zero-order valence-electron chi connectivity index (χ0n) is 17.0. The second kappa shape index (κ2) is 10.4. The number of nitro groups is 1. The second-order valence-corrected chi connectivity index (χ2v) is 7.73. The zero-order valence-corrected chi connectivity index (χ0v) is 17.8. The van der Waals surface area contributed by atoms with E-state index in [0.29, 0.717) is 36.1 Å². The molecule has 0 atom stereocenters. The number of nitrogens with one attached hydrogen (secondary N) is 1. The van der Waals surface area contributed by atoms with Crippen molar-refractivity contribution in [1.29, 1.82) is 0 Å². The highest BCUT2D eigenvalue weighted by Gasteiger charge is 2.11. The van der Waals surface area contributed by atoms with E-state index in [1.807, 2.05) is 54.6 Å². The molecule has 0 fully saturated rings. The van der Waals surface area contributed by atoms with Crippen LogP contribution in [0.15, 0.2) is 77.9 Å². The minimum absolute atomic E-state index is 0.0359. The van der Waals surface area contributed by atoms with Crippen LogP contribution in [0.25, 0.3) is 10.2 Å². The maximum absolute atomic E-state index is 11.2. The number of ether oxygens (including phenoxy) is 2. The fourth-order valence-electron chi connectivity index (χ4n) is 2.91. The largest absolute Gasteiger partial charge is 0.493 e. The smallest absolute Gasteiger partial charge is 0.270 e. The van der Waals surface area contributed by atoms with Crippen LogP contribution in [0.4, 0.5) is 10.8 Å². The monoisotopic (exact) mass is 448 g/mol. The summed E-state index contributed by atoms with van der Waals surface area (Å²) in [5.41, 5.74) is 4.23. The van der Waals surface area contributed by atoms with Crippen molar-refractivity contribution in [2.75, 3.05) is 18.6 Å². The summed E-state index contributed by atoms with van der Waals surface area (Å²) in [6.45, 7) is 0.899. The molecule has 0 radical (unpaired) electrons. The van der Waals surface area contributed by atoms with Gasteiger partial charge in [0.05, 0.1) is 34.6 Å². The first-order chi connectivity index (χ1) is 15.7. The number of hydrazone groups is 1. The van der Waals surface area contributed by atoms with Crippen LogP contribution in [-0.2, 0) is 0 Å². The van der Waals surface area contributed by atoms with Gasteiger partial charge < -0.3 is 9.47 Å². The van der Waals surface area contributed by atoms with E-state index in [4.69, 9.17) is 9.47 Å². The van der Waals surface area contributed by atoms with Crippen LogP contribution in [0.2, 0.25) is 0 Å². The van der Waals surface area contributed by atoms with Crippen molar-refractivity contribution in [1.82, 2.24) is 4.98 Å². The summed E-state index contributed by atoms with van der Waals surface area (Å²) in [6.07, 6.45) is 2.15. The summed E-state index contributed by atoms with van der Waals surface area (Å²) in [6, 6.07) is 21.7. The molecule has 1 aromatic heterocycles. The summed E-state index contributed by atoms with van der Waals surface area (Å²) < 4.78 is 12.5. The van der Waals surface area contributed by atoms with Crippen LogP contribution in [0.5, 0.6) is 11.5 Å². The molecular weight excluding hydrogens is 428 g/mol. The van der Waals surface area contributed by atoms with Crippen LogP contribution in [0.3, 0.4) is 0 Å². The number of para-hydroxylation sites is 2. The molecule has 0 spiro atoms. The van der Waals surface area contributed by atoms with Crippen molar-refractivity contribution in [2.24, 2.45) is 5.10 Å². The van der Waals surface area contributed by atoms with Gasteiger partial charge in [-0.15, -0.1) is 0 Å². The lowest BCUT2D eigenvalue weighted by molar-refractivity contribution is -0.384. The van der Waals surface area contributed by atoms with Crippen LogP contribution in [0, 0.1) is 10.1 Å². The highest BCUT2D eigenvalue weighted by molar-refractivity contribution is 7.22. The number of nitro benzene ring substituents is 1. The maximum atomic E-state index is 11.2. The first kappa shape index (κ1) is 21.3. The SMILES string of the molecule is O=[N+]([O-])c1ccc(OCCCOc2ccccc2)c(/C=N/Nc2nc3ccccc3s2)c1. The van der Waals surface area contributed by atoms with Gasteiger partial charge in [0.2, 0.25) is 5.13 Å². The Balaban J connectivity index is 1.38. The van der Waals surface area contributed by atoms with E-state index in [2.05, 4.69) is 15.5 Å². The summed E-state index contributed by atoms with van der Waals surface area (Å²) in [7, 11) is 0. The number of non-ortho nitro benzene ring substituents is 1. The van der Waals surface area contributed by atoms with Gasteiger partial charge in [-0.2, -0.15) is 5.10 Å². The second-order valence-electron chi connectivity index (χ2n) is 6.70. The molecule has 162 valence electrons. The Hall–Kier alpha value is -3.98. The number of hydrogen-bond acceptors (Lipinski definition) is 8. The number of rotatable bonds is 10. The zero-order chi connectivity index (χ0) is 22.2. The first-order valence-corrected chi connectivity index (χ1v) is 10.7. The maximum Gasteiger partial charge on any atom is 0.270 e. The van der Waals surface area contributed by atoms with E-state index < -0.39 is 4.92 Å². The van der Waals surface area contributed by atoms with Gasteiger partial charge in [-0.05, 0) is 30.3 Å². The number of anilines is 1. The molecule has 3 aromatic carbocycles. The van der Waals surface area contributed by atoms with Crippen molar-refractivity contribution in [2.45, 2.75) is 6.42 Å². The molecule has 0 saturated heterocycles. The van der Waals surface area contributed by atoms with Crippen LogP contribution >= 0.6 is 11.3 Å². The van der Waals surface area contributed by atoms with Gasteiger partial charge in [0.15, 0.2) is 0 Å². The number of thiazole rings is 1. The minimum atomic E-state index is -0.449. The number of hydrogen-bond donors (Lipinski definition) is 1. The molecule has 4 rings (SSSR count). The van der Waals surface area contributed by atoms with E-state index in [1.165, 1.54) is 29.7 Å². The van der Waals surface area contributed by atoms with Crippen molar-refractivity contribution < 1.29 is 14.4 Å². The lowest BCUT2D eigenvalue weighted by atomic mass is 10.2. The fourth-order valence-corrected chi connectivity index (χ4v) is 3.72. The average molecular weight is 449 g/mol. The van der Waals surface area contributed by atoms with E-state index >= 15 is 0 Å². The van der Waals surface area contributed by atoms with Gasteiger partial charge in [-0.25, -0.2) is 4.98 Å². The first-order valence-electron chi connectivity index (χ1n) is 9.93. The molecule has 1 N–H and O–H groups in total. The lowest BCUT2D eigenvalue weighted by Gasteiger charge is -2.10. The van der Waals surface area contributed by atoms with Gasteiger partial charge in [0.1, 0.15) is 11.5 Å². The fraction of sp³-hybridized carbons (Fsp3) is 0.130. The Labute approximate surface area is 188 Å². The molecule has 4 aromatic rings. The van der Waals surface area contributed by atoms with Crippen LogP contribution in [0.1, 0.15) is 12.0 Å². The molecule has 1 heterocycles. The molecule has 0 aliphatic rings. The molecule has 0 amide bonds. The van der Waals surface area contributed by atoms with Gasteiger partial charge in [0, 0.05) is 24.1 Å². The van der Waals surface area contributed by atoms with E-state index in [-0.39, 0.29) is 5.69 Å². The molecule has 8 nitrogen and oxygen atoms in total. The Morgan fingerprint density at radius 2 is 1.81 bits per heavy atom. The van der Waals surface area contributed by atoms with Crippen molar-refractivity contribution >= 4 is 38.6 Å². The molecule has 0 saturated carbocycles. The third kappa shape index (κ3) is 5.58. The highest BCUT2D eigenvalue weighted by Crippen LogP contribution is 2.26. The van der Waals surface area contributed by atoms with Gasteiger partial charge in [-0.1, -0.05) is 41.7 Å². The topological polar surface area (TPSA) is 98.9 Å². The minimum Gasteiger partial charge on any atom is -0.493 e. The molecule has 9 heteroatoms. The van der Waals surface area contributed by atoms with Crippen molar-refractivity contribution in [3.63, 3.8) is 0 Å². The van der Waals surface area contributed by atoms with E-state index in [9.17, 15) is 10.1 Å². The average Bonchev–Trinajstić information content (AvgIpc) is 3.23. The number of nitrogens with zero attached hydrogens (tertiary/aromatic N) is 3. The normalized spacial score (nSPS) is 11.0. The van der Waals surface area contributed by atoms with Gasteiger partial charge in [0.25, 0.3) is 5.69 Å². The quantitative estimate of drug-likeness (QED) is 0.149. The van der Waals surface area contributed by atoms with E-state index in [1.54, 1.807) is 6.07 Å². The molecular formula is C23H20N4O4S. The Morgan fingerprint density at radius 3 is 2.62 bits per heavy atom. The van der Waals surface area contributed by atoms with E-state index in [0.717, 1.165) is 16.0 Å². The Morgan fingerprint density at radius 1 is 1.03 bits per heavy atom. The molecule has 32 heavy (non-hydrogen) atoms. The summed E-state index contributed by atoms with van der Waals surface area (Å²) in [5, 5.41) is 16.0. The summed E-state index contributed by atoms with van der Waals surface area (Å²) in [4.78, 5) is 15.2.